The van der Waals surface area contributed by atoms with Crippen molar-refractivity contribution in [2.24, 2.45) is 11.8 Å². The van der Waals surface area contributed by atoms with Gasteiger partial charge >= 0.3 is 5.97 Å². The van der Waals surface area contributed by atoms with Crippen LogP contribution < -0.4 is 10.1 Å². The van der Waals surface area contributed by atoms with Crippen molar-refractivity contribution in [3.8, 4) is 5.75 Å². The van der Waals surface area contributed by atoms with Gasteiger partial charge in [-0.05, 0) is 31.4 Å². The molecule has 2 rings (SSSR count). The maximum atomic E-state index is 12.3. The molecule has 1 heterocycles. The zero-order valence-corrected chi connectivity index (χ0v) is 15.2. The molecule has 142 valence electrons. The molecule has 1 fully saturated rings. The number of nitrogens with one attached hydrogen (secondary N) is 1. The van der Waals surface area contributed by atoms with E-state index in [0.717, 1.165) is 0 Å². The first-order chi connectivity index (χ1) is 12.4. The molecule has 0 saturated carbocycles. The molecular weight excluding hydrogens is 336 g/mol. The number of hydrogen-bond donors (Lipinski definition) is 2. The van der Waals surface area contributed by atoms with Crippen LogP contribution in [0, 0.1) is 11.8 Å². The molecule has 26 heavy (non-hydrogen) atoms. The van der Waals surface area contributed by atoms with E-state index in [2.05, 4.69) is 5.32 Å². The summed E-state index contributed by atoms with van der Waals surface area (Å²) in [6.45, 7) is 5.30. The Hall–Kier alpha value is -2.57. The Morgan fingerprint density at radius 2 is 2.00 bits per heavy atom. The Morgan fingerprint density at radius 3 is 2.65 bits per heavy atom. The van der Waals surface area contributed by atoms with Gasteiger partial charge in [0.25, 0.3) is 5.91 Å². The van der Waals surface area contributed by atoms with Gasteiger partial charge in [0, 0.05) is 26.1 Å². The highest BCUT2D eigenvalue weighted by molar-refractivity contribution is 5.96. The minimum atomic E-state index is -0.854. The number of nitrogens with zero attached hydrogens (tertiary/aromatic N) is 1. The summed E-state index contributed by atoms with van der Waals surface area (Å²) < 4.78 is 5.44. The maximum absolute atomic E-state index is 12.3. The van der Waals surface area contributed by atoms with E-state index < -0.39 is 11.9 Å². The smallest absolute Gasteiger partial charge is 0.308 e. The van der Waals surface area contributed by atoms with E-state index in [1.54, 1.807) is 23.1 Å². The number of carboxylic acids is 1. The third-order valence-electron chi connectivity index (χ3n) is 4.57. The molecule has 2 atom stereocenters. The van der Waals surface area contributed by atoms with E-state index in [1.807, 2.05) is 19.9 Å². The molecule has 2 amide bonds. The average Bonchev–Trinajstić information content (AvgIpc) is 3.01. The Morgan fingerprint density at radius 1 is 1.27 bits per heavy atom. The van der Waals surface area contributed by atoms with Gasteiger partial charge in [0.15, 0.2) is 0 Å². The second kappa shape index (κ2) is 9.22. The predicted molar refractivity (Wildman–Crippen MR) is 96.0 cm³/mol. The van der Waals surface area contributed by atoms with Gasteiger partial charge in [0.1, 0.15) is 5.75 Å². The highest BCUT2D eigenvalue weighted by Gasteiger charge is 2.36. The Bertz CT molecular complexity index is 661. The summed E-state index contributed by atoms with van der Waals surface area (Å²) in [4.78, 5) is 37.2. The Kier molecular flexibility index (Phi) is 7.00. The highest BCUT2D eigenvalue weighted by Crippen LogP contribution is 2.24. The summed E-state index contributed by atoms with van der Waals surface area (Å²) in [5, 5.41) is 11.9. The van der Waals surface area contributed by atoms with Gasteiger partial charge in [-0.25, -0.2) is 0 Å². The molecule has 7 nitrogen and oxygen atoms in total. The molecule has 0 aromatic heterocycles. The zero-order chi connectivity index (χ0) is 19.1. The third-order valence-corrected chi connectivity index (χ3v) is 4.57. The van der Waals surface area contributed by atoms with Crippen molar-refractivity contribution in [2.75, 3.05) is 26.2 Å². The quantitative estimate of drug-likeness (QED) is 0.687. The number of para-hydroxylation sites is 1. The van der Waals surface area contributed by atoms with E-state index in [9.17, 15) is 14.4 Å². The van der Waals surface area contributed by atoms with Gasteiger partial charge in [-0.1, -0.05) is 19.1 Å². The first-order valence-corrected chi connectivity index (χ1v) is 8.94. The van der Waals surface area contributed by atoms with E-state index in [0.29, 0.717) is 37.4 Å². The van der Waals surface area contributed by atoms with E-state index in [-0.39, 0.29) is 30.7 Å². The van der Waals surface area contributed by atoms with E-state index in [1.165, 1.54) is 0 Å². The second-order valence-electron chi connectivity index (χ2n) is 6.51. The molecular formula is C19H26N2O5. The topological polar surface area (TPSA) is 95.9 Å². The lowest BCUT2D eigenvalue weighted by Gasteiger charge is -2.16. The number of amides is 2. The van der Waals surface area contributed by atoms with Crippen LogP contribution in [0.1, 0.15) is 37.0 Å². The van der Waals surface area contributed by atoms with Crippen LogP contribution in [0.25, 0.3) is 0 Å². The van der Waals surface area contributed by atoms with Crippen LogP contribution in [0.5, 0.6) is 5.75 Å². The first-order valence-electron chi connectivity index (χ1n) is 8.94. The molecule has 0 aliphatic carbocycles. The Balaban J connectivity index is 1.76. The summed E-state index contributed by atoms with van der Waals surface area (Å²) in [6.07, 6.45) is 0.788. The average molecular weight is 362 g/mol. The number of carbonyl (C=O) groups excluding carboxylic acids is 2. The first kappa shape index (κ1) is 19.8. The molecule has 1 aromatic rings. The van der Waals surface area contributed by atoms with Crippen molar-refractivity contribution in [3.05, 3.63) is 29.8 Å². The van der Waals surface area contributed by atoms with Gasteiger partial charge in [-0.2, -0.15) is 0 Å². The lowest BCUT2D eigenvalue weighted by Crippen LogP contribution is -2.31. The van der Waals surface area contributed by atoms with Crippen molar-refractivity contribution >= 4 is 17.8 Å². The molecule has 7 heteroatoms. The summed E-state index contributed by atoms with van der Waals surface area (Å²) in [5.41, 5.74) is 0.471. The predicted octanol–water partition coefficient (Wildman–Crippen LogP) is 1.77. The van der Waals surface area contributed by atoms with Crippen LogP contribution in [0.2, 0.25) is 0 Å². The number of carboxylic acid groups (broad SMARTS) is 1. The zero-order valence-electron chi connectivity index (χ0n) is 15.2. The normalized spacial score (nSPS) is 19.2. The number of hydrogen-bond acceptors (Lipinski definition) is 4. The number of ether oxygens (including phenoxy) is 1. The summed E-state index contributed by atoms with van der Waals surface area (Å²) in [7, 11) is 0. The van der Waals surface area contributed by atoms with Gasteiger partial charge in [-0.15, -0.1) is 0 Å². The SMILES string of the molecule is CCOc1ccccc1C(=O)NCCCC(=O)N1C[C@@H](C)[C@H](C(=O)O)C1. The Labute approximate surface area is 153 Å². The minimum Gasteiger partial charge on any atom is -0.493 e. The highest BCUT2D eigenvalue weighted by atomic mass is 16.5. The maximum Gasteiger partial charge on any atom is 0.308 e. The molecule has 0 bridgehead atoms. The van der Waals surface area contributed by atoms with Crippen molar-refractivity contribution in [1.29, 1.82) is 0 Å². The molecule has 0 radical (unpaired) electrons. The lowest BCUT2D eigenvalue weighted by atomic mass is 9.99. The number of rotatable bonds is 8. The summed E-state index contributed by atoms with van der Waals surface area (Å²) >= 11 is 0. The molecule has 2 N–H and O–H groups in total. The largest absolute Gasteiger partial charge is 0.493 e. The van der Waals surface area contributed by atoms with E-state index >= 15 is 0 Å². The molecule has 1 aliphatic heterocycles. The molecule has 1 saturated heterocycles. The summed E-state index contributed by atoms with van der Waals surface area (Å²) in [6, 6.07) is 7.02. The number of carbonyl (C=O) groups is 3. The fraction of sp³-hybridized carbons (Fsp3) is 0.526. The number of benzene rings is 1. The minimum absolute atomic E-state index is 0.0359. The van der Waals surface area contributed by atoms with Crippen LogP contribution in [0.15, 0.2) is 24.3 Å². The lowest BCUT2D eigenvalue weighted by molar-refractivity contribution is -0.142. The van der Waals surface area contributed by atoms with Crippen LogP contribution in [-0.4, -0.2) is 54.0 Å². The second-order valence-corrected chi connectivity index (χ2v) is 6.51. The van der Waals surface area contributed by atoms with Gasteiger partial charge in [0.05, 0.1) is 18.1 Å². The van der Waals surface area contributed by atoms with Crippen molar-refractivity contribution < 1.29 is 24.2 Å². The fourth-order valence-electron chi connectivity index (χ4n) is 3.12. The molecule has 1 aromatic carbocycles. The fourth-order valence-corrected chi connectivity index (χ4v) is 3.12. The van der Waals surface area contributed by atoms with Crippen LogP contribution in [0.3, 0.4) is 0 Å². The van der Waals surface area contributed by atoms with E-state index in [4.69, 9.17) is 9.84 Å². The van der Waals surface area contributed by atoms with Gasteiger partial charge in [0.2, 0.25) is 5.91 Å². The van der Waals surface area contributed by atoms with Gasteiger partial charge < -0.3 is 20.1 Å². The van der Waals surface area contributed by atoms with Crippen molar-refractivity contribution in [1.82, 2.24) is 10.2 Å². The molecule has 1 aliphatic rings. The van der Waals surface area contributed by atoms with Crippen LogP contribution >= 0.6 is 0 Å². The summed E-state index contributed by atoms with van der Waals surface area (Å²) in [5.74, 6) is -1.14. The van der Waals surface area contributed by atoms with Crippen LogP contribution in [-0.2, 0) is 9.59 Å². The van der Waals surface area contributed by atoms with Crippen LogP contribution in [0.4, 0.5) is 0 Å². The van der Waals surface area contributed by atoms with Gasteiger partial charge in [-0.3, -0.25) is 14.4 Å². The van der Waals surface area contributed by atoms with Crippen molar-refractivity contribution in [2.45, 2.75) is 26.7 Å². The number of aliphatic carboxylic acids is 1. The standard InChI is InChI=1S/C19H26N2O5/c1-3-26-16-8-5-4-7-14(16)18(23)20-10-6-9-17(22)21-11-13(2)15(12-21)19(24)25/h4-5,7-8,13,15H,3,6,9-12H2,1-2H3,(H,20,23)(H,24,25)/t13-,15-/m1/s1. The molecule has 0 unspecified atom stereocenters. The van der Waals surface area contributed by atoms with Crippen molar-refractivity contribution in [3.63, 3.8) is 0 Å². The third kappa shape index (κ3) is 4.97. The monoisotopic (exact) mass is 362 g/mol. The number of likely N-dealkylation sites (tertiary alicyclic amines) is 1. The molecule has 0 spiro atoms.